The molecule has 0 saturated heterocycles. The number of aromatic amines is 1. The van der Waals surface area contributed by atoms with Crippen molar-refractivity contribution in [2.75, 3.05) is 7.05 Å². The van der Waals surface area contributed by atoms with E-state index in [0.29, 0.717) is 6.42 Å². The number of nitrogens with zero attached hydrogens (tertiary/aromatic N) is 2. The molecule has 1 aromatic heterocycles. The SMILES string of the molecule is Cc1ccccc1CC(C)N(C)C(=O)Cc1cn[nH]c1C. The van der Waals surface area contributed by atoms with Crippen molar-refractivity contribution in [3.63, 3.8) is 0 Å². The van der Waals surface area contributed by atoms with Crippen LogP contribution in [-0.2, 0) is 17.6 Å². The van der Waals surface area contributed by atoms with E-state index < -0.39 is 0 Å². The molecule has 21 heavy (non-hydrogen) atoms. The first-order chi connectivity index (χ1) is 9.99. The molecule has 1 atom stereocenters. The van der Waals surface area contributed by atoms with Crippen molar-refractivity contribution in [3.05, 3.63) is 52.8 Å². The summed E-state index contributed by atoms with van der Waals surface area (Å²) in [6.45, 7) is 6.14. The fourth-order valence-electron chi connectivity index (χ4n) is 2.38. The number of aryl methyl sites for hydroxylation is 2. The second kappa shape index (κ2) is 6.57. The van der Waals surface area contributed by atoms with Crippen LogP contribution in [0.15, 0.2) is 30.5 Å². The first-order valence-electron chi connectivity index (χ1n) is 7.28. The van der Waals surface area contributed by atoms with Crippen LogP contribution in [0.5, 0.6) is 0 Å². The van der Waals surface area contributed by atoms with E-state index >= 15 is 0 Å². The molecule has 0 spiro atoms. The van der Waals surface area contributed by atoms with Gasteiger partial charge in [-0.25, -0.2) is 0 Å². The fraction of sp³-hybridized carbons (Fsp3) is 0.412. The Labute approximate surface area is 126 Å². The molecule has 4 heteroatoms. The van der Waals surface area contributed by atoms with E-state index in [1.54, 1.807) is 6.20 Å². The standard InChI is InChI=1S/C17H23N3O/c1-12-7-5-6-8-15(12)9-13(2)20(4)17(21)10-16-11-18-19-14(16)3/h5-8,11,13H,9-10H2,1-4H3,(H,18,19). The highest BCUT2D eigenvalue weighted by atomic mass is 16.2. The maximum absolute atomic E-state index is 12.4. The second-order valence-electron chi connectivity index (χ2n) is 5.68. The van der Waals surface area contributed by atoms with Crippen LogP contribution in [0.4, 0.5) is 0 Å². The highest BCUT2D eigenvalue weighted by molar-refractivity contribution is 5.79. The highest BCUT2D eigenvalue weighted by Gasteiger charge is 2.18. The number of hydrogen-bond acceptors (Lipinski definition) is 2. The Kier molecular flexibility index (Phi) is 4.78. The Morgan fingerprint density at radius 1 is 1.29 bits per heavy atom. The summed E-state index contributed by atoms with van der Waals surface area (Å²) in [6.07, 6.45) is 3.00. The van der Waals surface area contributed by atoms with Gasteiger partial charge in [0.1, 0.15) is 0 Å². The zero-order chi connectivity index (χ0) is 15.4. The summed E-state index contributed by atoms with van der Waals surface area (Å²) >= 11 is 0. The van der Waals surface area contributed by atoms with E-state index in [0.717, 1.165) is 17.7 Å². The second-order valence-corrected chi connectivity index (χ2v) is 5.68. The monoisotopic (exact) mass is 285 g/mol. The average molecular weight is 285 g/mol. The Morgan fingerprint density at radius 3 is 2.62 bits per heavy atom. The van der Waals surface area contributed by atoms with E-state index in [2.05, 4.69) is 36.2 Å². The maximum atomic E-state index is 12.4. The van der Waals surface area contributed by atoms with Gasteiger partial charge < -0.3 is 4.90 Å². The number of carbonyl (C=O) groups excluding carboxylic acids is 1. The molecule has 0 radical (unpaired) electrons. The maximum Gasteiger partial charge on any atom is 0.227 e. The number of benzene rings is 1. The first-order valence-corrected chi connectivity index (χ1v) is 7.28. The number of H-pyrrole nitrogens is 1. The molecule has 0 aliphatic rings. The van der Waals surface area contributed by atoms with Gasteiger partial charge in [0.05, 0.1) is 12.6 Å². The number of carbonyl (C=O) groups is 1. The van der Waals surface area contributed by atoms with Gasteiger partial charge in [0.25, 0.3) is 0 Å². The topological polar surface area (TPSA) is 49.0 Å². The summed E-state index contributed by atoms with van der Waals surface area (Å²) in [7, 11) is 1.88. The summed E-state index contributed by atoms with van der Waals surface area (Å²) in [4.78, 5) is 14.2. The van der Waals surface area contributed by atoms with Crippen molar-refractivity contribution in [2.24, 2.45) is 0 Å². The van der Waals surface area contributed by atoms with Gasteiger partial charge in [-0.05, 0) is 38.3 Å². The minimum Gasteiger partial charge on any atom is -0.342 e. The van der Waals surface area contributed by atoms with Crippen molar-refractivity contribution in [2.45, 2.75) is 39.7 Å². The van der Waals surface area contributed by atoms with Gasteiger partial charge in [0.2, 0.25) is 5.91 Å². The van der Waals surface area contributed by atoms with Crippen molar-refractivity contribution >= 4 is 5.91 Å². The number of aromatic nitrogens is 2. The summed E-state index contributed by atoms with van der Waals surface area (Å²) in [5.74, 6) is 0.126. The minimum atomic E-state index is 0.126. The van der Waals surface area contributed by atoms with Crippen molar-refractivity contribution in [1.82, 2.24) is 15.1 Å². The quantitative estimate of drug-likeness (QED) is 0.918. The third-order valence-electron chi connectivity index (χ3n) is 4.11. The summed E-state index contributed by atoms with van der Waals surface area (Å²) in [6, 6.07) is 8.50. The number of hydrogen-bond donors (Lipinski definition) is 1. The summed E-state index contributed by atoms with van der Waals surface area (Å²) in [5, 5.41) is 6.83. The number of rotatable bonds is 5. The molecule has 2 aromatic rings. The lowest BCUT2D eigenvalue weighted by Gasteiger charge is -2.25. The van der Waals surface area contributed by atoms with Crippen molar-refractivity contribution in [3.8, 4) is 0 Å². The zero-order valence-corrected chi connectivity index (χ0v) is 13.2. The molecular formula is C17H23N3O. The van der Waals surface area contributed by atoms with E-state index in [-0.39, 0.29) is 11.9 Å². The third kappa shape index (κ3) is 3.72. The lowest BCUT2D eigenvalue weighted by molar-refractivity contribution is -0.130. The van der Waals surface area contributed by atoms with Crippen LogP contribution in [0, 0.1) is 13.8 Å². The smallest absolute Gasteiger partial charge is 0.227 e. The van der Waals surface area contributed by atoms with Gasteiger partial charge in [-0.15, -0.1) is 0 Å². The normalized spacial score (nSPS) is 12.2. The molecular weight excluding hydrogens is 262 g/mol. The molecule has 1 aromatic carbocycles. The Balaban J connectivity index is 1.99. The molecule has 0 aliphatic heterocycles. The Morgan fingerprint density at radius 2 is 2.00 bits per heavy atom. The summed E-state index contributed by atoms with van der Waals surface area (Å²) < 4.78 is 0. The Hall–Kier alpha value is -2.10. The zero-order valence-electron chi connectivity index (χ0n) is 13.2. The van der Waals surface area contributed by atoms with E-state index in [9.17, 15) is 4.79 Å². The third-order valence-corrected chi connectivity index (χ3v) is 4.11. The molecule has 0 aliphatic carbocycles. The fourth-order valence-corrected chi connectivity index (χ4v) is 2.38. The predicted molar refractivity (Wildman–Crippen MR) is 84.1 cm³/mol. The lowest BCUT2D eigenvalue weighted by Crippen LogP contribution is -2.37. The number of nitrogens with one attached hydrogen (secondary N) is 1. The van der Waals surface area contributed by atoms with Crippen LogP contribution in [0.2, 0.25) is 0 Å². The molecule has 0 bridgehead atoms. The van der Waals surface area contributed by atoms with Gasteiger partial charge in [-0.2, -0.15) is 5.10 Å². The van der Waals surface area contributed by atoms with Crippen LogP contribution in [0.3, 0.4) is 0 Å². The Bertz CT molecular complexity index is 618. The van der Waals surface area contributed by atoms with E-state index in [1.165, 1.54) is 11.1 Å². The molecule has 0 saturated carbocycles. The van der Waals surface area contributed by atoms with Crippen LogP contribution < -0.4 is 0 Å². The van der Waals surface area contributed by atoms with E-state index in [4.69, 9.17) is 0 Å². The minimum absolute atomic E-state index is 0.126. The van der Waals surface area contributed by atoms with Crippen LogP contribution in [0.1, 0.15) is 29.3 Å². The van der Waals surface area contributed by atoms with Crippen molar-refractivity contribution < 1.29 is 4.79 Å². The van der Waals surface area contributed by atoms with Crippen LogP contribution in [-0.4, -0.2) is 34.1 Å². The molecule has 4 nitrogen and oxygen atoms in total. The van der Waals surface area contributed by atoms with Gasteiger partial charge in [-0.1, -0.05) is 24.3 Å². The first kappa shape index (κ1) is 15.3. The van der Waals surface area contributed by atoms with Gasteiger partial charge in [0.15, 0.2) is 0 Å². The van der Waals surface area contributed by atoms with Crippen LogP contribution >= 0.6 is 0 Å². The highest BCUT2D eigenvalue weighted by Crippen LogP contribution is 2.14. The largest absolute Gasteiger partial charge is 0.342 e. The molecule has 2 rings (SSSR count). The molecule has 1 unspecified atom stereocenters. The molecule has 112 valence electrons. The van der Waals surface area contributed by atoms with E-state index in [1.807, 2.05) is 31.0 Å². The molecule has 0 fully saturated rings. The molecule has 1 heterocycles. The predicted octanol–water partition coefficient (Wildman–Crippen LogP) is 2.66. The molecule has 1 amide bonds. The van der Waals surface area contributed by atoms with Crippen LogP contribution in [0.25, 0.3) is 0 Å². The number of likely N-dealkylation sites (N-methyl/N-ethyl adjacent to an activating group) is 1. The molecule has 1 N–H and O–H groups in total. The summed E-state index contributed by atoms with van der Waals surface area (Å²) in [5.41, 5.74) is 4.50. The van der Waals surface area contributed by atoms with Gasteiger partial charge in [0, 0.05) is 24.3 Å². The number of amides is 1. The van der Waals surface area contributed by atoms with Gasteiger partial charge >= 0.3 is 0 Å². The lowest BCUT2D eigenvalue weighted by atomic mass is 10.0. The average Bonchev–Trinajstić information content (AvgIpc) is 2.86. The van der Waals surface area contributed by atoms with Gasteiger partial charge in [-0.3, -0.25) is 9.89 Å². The van der Waals surface area contributed by atoms with Crippen molar-refractivity contribution in [1.29, 1.82) is 0 Å².